The van der Waals surface area contributed by atoms with Crippen molar-refractivity contribution in [1.82, 2.24) is 0 Å². The average Bonchev–Trinajstić information content (AvgIpc) is 2.80. The van der Waals surface area contributed by atoms with E-state index in [1.165, 1.54) is 0 Å². The molecular weight excluding hydrogens is 278 g/mol. The number of nitrogens with one attached hydrogen (secondary N) is 1. The number of aryl methyl sites for hydroxylation is 1. The van der Waals surface area contributed by atoms with Crippen molar-refractivity contribution in [2.24, 2.45) is 0 Å². The Morgan fingerprint density at radius 3 is 2.53 bits per heavy atom. The first kappa shape index (κ1) is 11.0. The third kappa shape index (κ3) is 2.72. The smallest absolute Gasteiger partial charge is 0.235 e. The van der Waals surface area contributed by atoms with Crippen molar-refractivity contribution in [2.75, 3.05) is 4.72 Å². The fraction of sp³-hybridized carbons (Fsp3) is 0.400. The molecule has 1 aliphatic rings. The summed E-state index contributed by atoms with van der Waals surface area (Å²) in [6, 6.07) is 5.53. The lowest BCUT2D eigenvalue weighted by Crippen LogP contribution is -2.17. The highest BCUT2D eigenvalue weighted by molar-refractivity contribution is 9.10. The van der Waals surface area contributed by atoms with Crippen LogP contribution in [0.15, 0.2) is 22.7 Å². The molecule has 0 aromatic heterocycles. The van der Waals surface area contributed by atoms with E-state index in [1.54, 1.807) is 6.07 Å². The standard InChI is InChI=1S/C10H12BrNO2S/c1-7-4-8(11)6-9(5-7)12-15(13,14)10-2-3-10/h4-6,10,12H,2-3H2,1H3. The Morgan fingerprint density at radius 1 is 1.33 bits per heavy atom. The minimum Gasteiger partial charge on any atom is -0.283 e. The van der Waals surface area contributed by atoms with Crippen molar-refractivity contribution in [3.63, 3.8) is 0 Å². The van der Waals surface area contributed by atoms with Gasteiger partial charge in [0.25, 0.3) is 0 Å². The number of hydrogen-bond acceptors (Lipinski definition) is 2. The Balaban J connectivity index is 2.23. The van der Waals surface area contributed by atoms with E-state index in [9.17, 15) is 8.42 Å². The van der Waals surface area contributed by atoms with Crippen LogP contribution in [0.1, 0.15) is 18.4 Å². The van der Waals surface area contributed by atoms with Gasteiger partial charge in [0.2, 0.25) is 10.0 Å². The monoisotopic (exact) mass is 289 g/mol. The summed E-state index contributed by atoms with van der Waals surface area (Å²) in [5.74, 6) is 0. The van der Waals surface area contributed by atoms with Gasteiger partial charge in [-0.1, -0.05) is 15.9 Å². The Labute approximate surface area is 98.1 Å². The first-order valence-corrected chi connectivity index (χ1v) is 7.10. The molecule has 1 aromatic carbocycles. The first-order chi connectivity index (χ1) is 6.97. The van der Waals surface area contributed by atoms with Crippen molar-refractivity contribution in [1.29, 1.82) is 0 Å². The lowest BCUT2D eigenvalue weighted by Gasteiger charge is -2.08. The van der Waals surface area contributed by atoms with E-state index < -0.39 is 10.0 Å². The third-order valence-corrected chi connectivity index (χ3v) is 4.59. The van der Waals surface area contributed by atoms with Gasteiger partial charge in [-0.25, -0.2) is 8.42 Å². The van der Waals surface area contributed by atoms with Crippen LogP contribution in [0.4, 0.5) is 5.69 Å². The van der Waals surface area contributed by atoms with Crippen molar-refractivity contribution in [3.05, 3.63) is 28.2 Å². The van der Waals surface area contributed by atoms with Crippen LogP contribution in [0, 0.1) is 6.92 Å². The second-order valence-electron chi connectivity index (χ2n) is 3.86. The maximum absolute atomic E-state index is 11.7. The highest BCUT2D eigenvalue weighted by atomic mass is 79.9. The molecule has 0 heterocycles. The minimum atomic E-state index is -3.14. The number of sulfonamides is 1. The van der Waals surface area contributed by atoms with Crippen molar-refractivity contribution in [2.45, 2.75) is 25.0 Å². The summed E-state index contributed by atoms with van der Waals surface area (Å²) in [5.41, 5.74) is 1.66. The molecule has 1 aromatic rings. The van der Waals surface area contributed by atoms with E-state index in [1.807, 2.05) is 19.1 Å². The number of hydrogen-bond donors (Lipinski definition) is 1. The van der Waals surface area contributed by atoms with Gasteiger partial charge in [0, 0.05) is 10.2 Å². The predicted molar refractivity (Wildman–Crippen MR) is 64.4 cm³/mol. The van der Waals surface area contributed by atoms with Crippen LogP contribution in [0.2, 0.25) is 0 Å². The van der Waals surface area contributed by atoms with Crippen LogP contribution in [0.3, 0.4) is 0 Å². The number of anilines is 1. The van der Waals surface area contributed by atoms with E-state index >= 15 is 0 Å². The van der Waals surface area contributed by atoms with Gasteiger partial charge in [0.05, 0.1) is 5.25 Å². The zero-order valence-electron chi connectivity index (χ0n) is 8.33. The fourth-order valence-electron chi connectivity index (χ4n) is 1.42. The molecule has 2 rings (SSSR count). The third-order valence-electron chi connectivity index (χ3n) is 2.27. The van der Waals surface area contributed by atoms with Gasteiger partial charge in [0.15, 0.2) is 0 Å². The molecule has 1 aliphatic carbocycles. The van der Waals surface area contributed by atoms with Gasteiger partial charge in [-0.2, -0.15) is 0 Å². The van der Waals surface area contributed by atoms with Gasteiger partial charge in [-0.15, -0.1) is 0 Å². The normalized spacial score (nSPS) is 16.4. The molecule has 5 heteroatoms. The molecule has 82 valence electrons. The molecule has 0 spiro atoms. The summed E-state index contributed by atoms with van der Waals surface area (Å²) in [4.78, 5) is 0. The summed E-state index contributed by atoms with van der Waals surface area (Å²) in [6.45, 7) is 1.93. The summed E-state index contributed by atoms with van der Waals surface area (Å²) in [5, 5.41) is -0.184. The van der Waals surface area contributed by atoms with Crippen molar-refractivity contribution in [3.8, 4) is 0 Å². The Morgan fingerprint density at radius 2 is 2.00 bits per heavy atom. The van der Waals surface area contributed by atoms with Gasteiger partial charge in [0.1, 0.15) is 0 Å². The Kier molecular flexibility index (Phi) is 2.77. The predicted octanol–water partition coefficient (Wildman–Crippen LogP) is 2.66. The molecule has 0 saturated heterocycles. The number of halogens is 1. The van der Waals surface area contributed by atoms with E-state index in [-0.39, 0.29) is 5.25 Å². The zero-order valence-corrected chi connectivity index (χ0v) is 10.7. The molecule has 3 nitrogen and oxygen atoms in total. The maximum Gasteiger partial charge on any atom is 0.235 e. The maximum atomic E-state index is 11.7. The van der Waals surface area contributed by atoms with Crippen LogP contribution in [0.25, 0.3) is 0 Å². The van der Waals surface area contributed by atoms with Crippen LogP contribution in [-0.4, -0.2) is 13.7 Å². The lowest BCUT2D eigenvalue weighted by molar-refractivity contribution is 0.600. The Hall–Kier alpha value is -0.550. The zero-order chi connectivity index (χ0) is 11.1. The van der Waals surface area contributed by atoms with Crippen LogP contribution in [-0.2, 0) is 10.0 Å². The highest BCUT2D eigenvalue weighted by Gasteiger charge is 2.35. The second-order valence-corrected chi connectivity index (χ2v) is 6.74. The van der Waals surface area contributed by atoms with E-state index in [0.717, 1.165) is 22.9 Å². The van der Waals surface area contributed by atoms with Crippen LogP contribution >= 0.6 is 15.9 Å². The molecule has 15 heavy (non-hydrogen) atoms. The molecule has 1 fully saturated rings. The lowest BCUT2D eigenvalue weighted by atomic mass is 10.2. The van der Waals surface area contributed by atoms with Crippen molar-refractivity contribution < 1.29 is 8.42 Å². The molecule has 0 unspecified atom stereocenters. The van der Waals surface area contributed by atoms with Gasteiger partial charge < -0.3 is 0 Å². The van der Waals surface area contributed by atoms with Crippen molar-refractivity contribution >= 4 is 31.6 Å². The molecule has 0 aliphatic heterocycles. The second kappa shape index (κ2) is 3.79. The molecule has 0 bridgehead atoms. The largest absolute Gasteiger partial charge is 0.283 e. The van der Waals surface area contributed by atoms with Crippen LogP contribution < -0.4 is 4.72 Å². The summed E-state index contributed by atoms with van der Waals surface area (Å²) in [6.07, 6.45) is 1.56. The summed E-state index contributed by atoms with van der Waals surface area (Å²) >= 11 is 3.34. The van der Waals surface area contributed by atoms with Gasteiger partial charge in [-0.3, -0.25) is 4.72 Å². The topological polar surface area (TPSA) is 46.2 Å². The quantitative estimate of drug-likeness (QED) is 0.930. The summed E-state index contributed by atoms with van der Waals surface area (Å²) < 4.78 is 26.8. The average molecular weight is 290 g/mol. The molecule has 1 saturated carbocycles. The molecule has 0 amide bonds. The van der Waals surface area contributed by atoms with E-state index in [0.29, 0.717) is 5.69 Å². The van der Waals surface area contributed by atoms with Gasteiger partial charge >= 0.3 is 0 Å². The highest BCUT2D eigenvalue weighted by Crippen LogP contribution is 2.30. The molecule has 0 atom stereocenters. The first-order valence-electron chi connectivity index (χ1n) is 4.76. The summed E-state index contributed by atoms with van der Waals surface area (Å²) in [7, 11) is -3.14. The van der Waals surface area contributed by atoms with E-state index in [4.69, 9.17) is 0 Å². The fourth-order valence-corrected chi connectivity index (χ4v) is 3.40. The van der Waals surface area contributed by atoms with E-state index in [2.05, 4.69) is 20.7 Å². The minimum absolute atomic E-state index is 0.184. The molecule has 0 radical (unpaired) electrons. The molecule has 1 N–H and O–H groups in total. The van der Waals surface area contributed by atoms with Gasteiger partial charge in [-0.05, 0) is 43.5 Å². The Bertz CT molecular complexity index is 460. The molecular formula is C10H12BrNO2S. The number of rotatable bonds is 3. The number of benzene rings is 1. The van der Waals surface area contributed by atoms with Crippen LogP contribution in [0.5, 0.6) is 0 Å². The SMILES string of the molecule is Cc1cc(Br)cc(NS(=O)(=O)C2CC2)c1.